The number of hydrogen-bond acceptors (Lipinski definition) is 11. The van der Waals surface area contributed by atoms with E-state index in [-0.39, 0.29) is 36.8 Å². The number of nitrogens with zero attached hydrogens (tertiary/aromatic N) is 5. The highest BCUT2D eigenvalue weighted by atomic mass is 32.2. The fourth-order valence-corrected chi connectivity index (χ4v) is 12.2. The number of rotatable bonds is 13. The minimum atomic E-state index is -4.38. The van der Waals surface area contributed by atoms with E-state index in [1.807, 2.05) is 32.3 Å². The summed E-state index contributed by atoms with van der Waals surface area (Å²) in [6.45, 7) is 4.62. The van der Waals surface area contributed by atoms with Gasteiger partial charge in [-0.05, 0) is 117 Å². The average Bonchev–Trinajstić information content (AvgIpc) is 4.09. The van der Waals surface area contributed by atoms with Gasteiger partial charge in [-0.1, -0.05) is 12.1 Å². The van der Waals surface area contributed by atoms with Crippen LogP contribution in [-0.2, 0) is 26.3 Å². The predicted octanol–water partition coefficient (Wildman–Crippen LogP) is 6.38. The van der Waals surface area contributed by atoms with E-state index in [1.165, 1.54) is 11.8 Å². The number of carbonyl (C=O) groups is 4. The maximum Gasteiger partial charge on any atom is 0.301 e. The summed E-state index contributed by atoms with van der Waals surface area (Å²) in [4.78, 5) is 65.4. The molecule has 3 aromatic carbocycles. The number of anilines is 4. The van der Waals surface area contributed by atoms with E-state index in [1.54, 1.807) is 17.2 Å². The summed E-state index contributed by atoms with van der Waals surface area (Å²) in [5, 5.41) is 9.43. The number of nitrogens with one attached hydrogen (secondary N) is 5. The van der Waals surface area contributed by atoms with Gasteiger partial charge in [-0.2, -0.15) is 12.7 Å². The van der Waals surface area contributed by atoms with Crippen molar-refractivity contribution < 1.29 is 40.8 Å². The SMILES string of the molecule is CNc1cc(-c2cnc3[nH]cc(C(=O)c4c(F)ccc(NS(=O)(=O)N5CC[C@@H](F)C5)c4F)c3c2)cc(NC)c1N1CCC(CN2CCC(c3ccc4c(c3)CN([C@H]3CCC(=O)NC3=O)C4=O)CC2)CC1. The molecule has 0 spiro atoms. The fourth-order valence-electron chi connectivity index (χ4n) is 11.0. The predicted molar refractivity (Wildman–Crippen MR) is 260 cm³/mol. The van der Waals surface area contributed by atoms with Crippen LogP contribution in [0.4, 0.5) is 35.9 Å². The number of aromatic amines is 1. The molecule has 5 aliphatic heterocycles. The minimum absolute atomic E-state index is 0.00273. The fraction of sp³-hybridized carbons (Fsp3) is 0.420. The Morgan fingerprint density at radius 2 is 1.60 bits per heavy atom. The lowest BCUT2D eigenvalue weighted by Gasteiger charge is -2.39. The van der Waals surface area contributed by atoms with E-state index in [4.69, 9.17) is 0 Å². The summed E-state index contributed by atoms with van der Waals surface area (Å²) >= 11 is 0. The van der Waals surface area contributed by atoms with Crippen molar-refractivity contribution in [3.05, 3.63) is 100 Å². The van der Waals surface area contributed by atoms with Crippen LogP contribution in [0.2, 0.25) is 0 Å². The smallest absolute Gasteiger partial charge is 0.301 e. The zero-order valence-electron chi connectivity index (χ0n) is 38.9. The highest BCUT2D eigenvalue weighted by Crippen LogP contribution is 2.42. The lowest BCUT2D eigenvalue weighted by Crippen LogP contribution is -2.52. The van der Waals surface area contributed by atoms with Crippen LogP contribution in [0.15, 0.2) is 60.9 Å². The van der Waals surface area contributed by atoms with Gasteiger partial charge in [0.15, 0.2) is 5.82 Å². The summed E-state index contributed by atoms with van der Waals surface area (Å²) < 4.78 is 73.7. The van der Waals surface area contributed by atoms with E-state index in [2.05, 4.69) is 52.6 Å². The van der Waals surface area contributed by atoms with Crippen molar-refractivity contribution in [2.24, 2.45) is 5.92 Å². The van der Waals surface area contributed by atoms with E-state index in [0.717, 1.165) is 103 Å². The number of amides is 3. The van der Waals surface area contributed by atoms with Crippen LogP contribution >= 0.6 is 0 Å². The number of benzene rings is 3. The Kier molecular flexibility index (Phi) is 12.8. The third kappa shape index (κ3) is 8.96. The summed E-state index contributed by atoms with van der Waals surface area (Å²) in [5.41, 5.74) is 5.70. The quantitative estimate of drug-likeness (QED) is 0.0650. The Morgan fingerprint density at radius 3 is 2.29 bits per heavy atom. The second-order valence-electron chi connectivity index (χ2n) is 19.0. The number of H-pyrrole nitrogens is 1. The van der Waals surface area contributed by atoms with Crippen molar-refractivity contribution in [3.63, 3.8) is 0 Å². The molecular formula is C50H55F3N10O6S. The van der Waals surface area contributed by atoms with Crippen LogP contribution in [0.5, 0.6) is 0 Å². The van der Waals surface area contributed by atoms with Crippen LogP contribution in [0, 0.1) is 17.6 Å². The molecule has 2 aromatic heterocycles. The number of carbonyl (C=O) groups excluding carboxylic acids is 4. The molecule has 10 rings (SSSR count). The van der Waals surface area contributed by atoms with Crippen molar-refractivity contribution in [1.82, 2.24) is 29.4 Å². The Morgan fingerprint density at radius 1 is 0.857 bits per heavy atom. The Balaban J connectivity index is 0.780. The number of piperidine rings is 3. The molecule has 5 N–H and O–H groups in total. The van der Waals surface area contributed by atoms with E-state index in [9.17, 15) is 32.0 Å². The number of aromatic nitrogens is 2. The Hall–Kier alpha value is -6.51. The van der Waals surface area contributed by atoms with Crippen molar-refractivity contribution in [2.75, 3.05) is 80.2 Å². The molecule has 4 saturated heterocycles. The number of ketones is 1. The molecule has 3 amide bonds. The molecule has 0 aliphatic carbocycles. The van der Waals surface area contributed by atoms with Crippen molar-refractivity contribution in [2.45, 2.75) is 69.6 Å². The van der Waals surface area contributed by atoms with Crippen molar-refractivity contribution >= 4 is 67.5 Å². The first-order valence-electron chi connectivity index (χ1n) is 23.9. The zero-order valence-corrected chi connectivity index (χ0v) is 39.7. The number of imide groups is 1. The zero-order chi connectivity index (χ0) is 49.0. The third-order valence-corrected chi connectivity index (χ3v) is 16.3. The van der Waals surface area contributed by atoms with Gasteiger partial charge >= 0.3 is 10.2 Å². The summed E-state index contributed by atoms with van der Waals surface area (Å²) in [5.74, 6) is -3.51. The number of hydrogen-bond donors (Lipinski definition) is 5. The van der Waals surface area contributed by atoms with Crippen LogP contribution in [-0.4, -0.2) is 128 Å². The van der Waals surface area contributed by atoms with Crippen LogP contribution in [0.3, 0.4) is 0 Å². The molecule has 368 valence electrons. The monoisotopic (exact) mass is 980 g/mol. The molecule has 0 unspecified atom stereocenters. The molecule has 7 heterocycles. The normalized spacial score (nSPS) is 20.8. The second kappa shape index (κ2) is 19.0. The first-order chi connectivity index (χ1) is 33.7. The van der Waals surface area contributed by atoms with Crippen molar-refractivity contribution in [3.8, 4) is 11.1 Å². The molecular weight excluding hydrogens is 926 g/mol. The largest absolute Gasteiger partial charge is 0.386 e. The lowest BCUT2D eigenvalue weighted by atomic mass is 9.87. The van der Waals surface area contributed by atoms with Gasteiger partial charge in [-0.15, -0.1) is 0 Å². The van der Waals surface area contributed by atoms with Gasteiger partial charge in [0.1, 0.15) is 23.7 Å². The van der Waals surface area contributed by atoms with Gasteiger partial charge in [-0.25, -0.2) is 18.2 Å². The Labute approximate surface area is 403 Å². The summed E-state index contributed by atoms with van der Waals surface area (Å²) in [6.07, 6.45) is 6.28. The molecule has 5 aromatic rings. The molecule has 5 aliphatic rings. The standard InChI is InChI=1S/C50H55F3N10O6S/c1-54-40-21-31(32-20-36-37(24-57-48(36)56-23-32)47(65)44-38(52)5-6-39(45(44)53)59-70(68,69)62-18-13-34(51)27-62)22-41(55-2)46(40)61-16-9-28(10-17-61)25-60-14-11-29(12-15-60)30-3-4-35-33(19-30)26-63(50(35)67)42-7-8-43(64)58-49(42)66/h3-6,19-24,28-29,34,42,54-55,59H,7-18,25-27H2,1-2H3,(H,56,57)(H,58,64,66)/t34-,42+/m1/s1. The molecule has 70 heavy (non-hydrogen) atoms. The van der Waals surface area contributed by atoms with Gasteiger partial charge in [-0.3, -0.25) is 29.2 Å². The topological polar surface area (TPSA) is 192 Å². The van der Waals surface area contributed by atoms with Crippen molar-refractivity contribution in [1.29, 1.82) is 0 Å². The van der Waals surface area contributed by atoms with Gasteiger partial charge in [0, 0.05) is 94.3 Å². The first-order valence-corrected chi connectivity index (χ1v) is 25.3. The maximum absolute atomic E-state index is 15.9. The number of halogens is 3. The van der Waals surface area contributed by atoms with Gasteiger partial charge in [0.05, 0.1) is 28.3 Å². The van der Waals surface area contributed by atoms with Gasteiger partial charge in [0.25, 0.3) is 5.91 Å². The average molecular weight is 981 g/mol. The lowest BCUT2D eigenvalue weighted by molar-refractivity contribution is -0.136. The molecule has 0 radical (unpaired) electrons. The van der Waals surface area contributed by atoms with Gasteiger partial charge in [0.2, 0.25) is 17.6 Å². The Bertz CT molecular complexity index is 3000. The van der Waals surface area contributed by atoms with E-state index >= 15 is 8.78 Å². The van der Waals surface area contributed by atoms with Crippen LogP contribution in [0.25, 0.3) is 22.2 Å². The molecule has 16 nitrogen and oxygen atoms in total. The molecule has 2 atom stereocenters. The maximum atomic E-state index is 15.9. The highest BCUT2D eigenvalue weighted by Gasteiger charge is 2.40. The number of fused-ring (bicyclic) bond motifs is 2. The van der Waals surface area contributed by atoms with E-state index < -0.39 is 63.5 Å². The van der Waals surface area contributed by atoms with E-state index in [0.29, 0.717) is 47.0 Å². The molecule has 0 bridgehead atoms. The summed E-state index contributed by atoms with van der Waals surface area (Å²) in [6, 6.07) is 12.9. The third-order valence-electron chi connectivity index (χ3n) is 14.8. The summed E-state index contributed by atoms with van der Waals surface area (Å²) in [7, 11) is -0.651. The van der Waals surface area contributed by atoms with Gasteiger partial charge < -0.3 is 30.3 Å². The second-order valence-corrected chi connectivity index (χ2v) is 20.7. The molecule has 20 heteroatoms. The number of likely N-dealkylation sites (tertiary alicyclic amines) is 1. The van der Waals surface area contributed by atoms with Crippen LogP contribution in [0.1, 0.15) is 88.3 Å². The number of pyridine rings is 1. The highest BCUT2D eigenvalue weighted by molar-refractivity contribution is 7.90. The molecule has 0 saturated carbocycles. The number of alkyl halides is 1. The minimum Gasteiger partial charge on any atom is -0.386 e. The van der Waals surface area contributed by atoms with Crippen LogP contribution < -0.4 is 25.6 Å². The first kappa shape index (κ1) is 47.2. The molecule has 4 fully saturated rings.